The molecule has 0 radical (unpaired) electrons. The third-order valence-electron chi connectivity index (χ3n) is 3.65. The molecule has 0 spiro atoms. The van der Waals surface area contributed by atoms with Gasteiger partial charge in [0.1, 0.15) is 0 Å². The number of halogens is 1. The first-order valence-corrected chi connectivity index (χ1v) is 8.03. The molecular formula is C15H19IN2O3. The van der Waals surface area contributed by atoms with Gasteiger partial charge >= 0.3 is 0 Å². The third-order valence-corrected chi connectivity index (χ3v) is 4.59. The highest BCUT2D eigenvalue weighted by atomic mass is 127. The normalized spacial score (nSPS) is 15.8. The summed E-state index contributed by atoms with van der Waals surface area (Å²) in [7, 11) is 1.70. The van der Waals surface area contributed by atoms with Crippen molar-refractivity contribution in [1.82, 2.24) is 10.2 Å². The lowest BCUT2D eigenvalue weighted by atomic mass is 10.1. The lowest BCUT2D eigenvalue weighted by molar-refractivity contribution is -0.132. The molecule has 1 aromatic carbocycles. The number of likely N-dealkylation sites (tertiary alicyclic amines) is 1. The Balaban J connectivity index is 1.82. The average molecular weight is 402 g/mol. The van der Waals surface area contributed by atoms with Crippen molar-refractivity contribution >= 4 is 34.4 Å². The molecule has 0 saturated carbocycles. The summed E-state index contributed by atoms with van der Waals surface area (Å²) < 4.78 is 6.16. The summed E-state index contributed by atoms with van der Waals surface area (Å²) in [5.74, 6) is -0.246. The molecule has 6 heteroatoms. The molecule has 1 aliphatic rings. The van der Waals surface area contributed by atoms with E-state index < -0.39 is 0 Å². The molecule has 2 rings (SSSR count). The Hall–Kier alpha value is -1.15. The van der Waals surface area contributed by atoms with Crippen LogP contribution in [-0.2, 0) is 9.53 Å². The van der Waals surface area contributed by atoms with E-state index in [9.17, 15) is 9.59 Å². The molecule has 114 valence electrons. The first kappa shape index (κ1) is 16.2. The first-order valence-electron chi connectivity index (χ1n) is 6.95. The molecule has 0 aromatic heterocycles. The van der Waals surface area contributed by atoms with Crippen LogP contribution >= 0.6 is 22.6 Å². The number of rotatable bonds is 4. The number of nitrogens with one attached hydrogen (secondary N) is 1. The van der Waals surface area contributed by atoms with Gasteiger partial charge in [-0.25, -0.2) is 0 Å². The van der Waals surface area contributed by atoms with Crippen molar-refractivity contribution in [2.45, 2.75) is 18.9 Å². The number of methoxy groups -OCH3 is 1. The third kappa shape index (κ3) is 4.41. The second-order valence-corrected chi connectivity index (χ2v) is 6.14. The molecule has 1 saturated heterocycles. The molecule has 0 aliphatic carbocycles. The van der Waals surface area contributed by atoms with Crippen molar-refractivity contribution in [2.75, 3.05) is 26.7 Å². The fraction of sp³-hybridized carbons (Fsp3) is 0.467. The van der Waals surface area contributed by atoms with Crippen molar-refractivity contribution in [3.05, 3.63) is 33.4 Å². The molecule has 1 heterocycles. The molecule has 1 fully saturated rings. The van der Waals surface area contributed by atoms with E-state index in [0.717, 1.165) is 16.4 Å². The Bertz CT molecular complexity index is 513. The van der Waals surface area contributed by atoms with Crippen molar-refractivity contribution in [2.24, 2.45) is 0 Å². The largest absolute Gasteiger partial charge is 0.381 e. The molecule has 0 atom stereocenters. The number of benzene rings is 1. The Morgan fingerprint density at radius 3 is 2.62 bits per heavy atom. The molecule has 1 aromatic rings. The van der Waals surface area contributed by atoms with Gasteiger partial charge in [-0.2, -0.15) is 0 Å². The van der Waals surface area contributed by atoms with E-state index in [-0.39, 0.29) is 24.5 Å². The van der Waals surface area contributed by atoms with Gasteiger partial charge in [-0.05, 0) is 47.6 Å². The van der Waals surface area contributed by atoms with Gasteiger partial charge in [-0.3, -0.25) is 9.59 Å². The highest BCUT2D eigenvalue weighted by Crippen LogP contribution is 2.13. The van der Waals surface area contributed by atoms with Gasteiger partial charge in [-0.1, -0.05) is 12.1 Å². The zero-order chi connectivity index (χ0) is 15.2. The fourth-order valence-electron chi connectivity index (χ4n) is 2.35. The van der Waals surface area contributed by atoms with E-state index in [2.05, 4.69) is 27.9 Å². The van der Waals surface area contributed by atoms with Gasteiger partial charge < -0.3 is 15.0 Å². The number of ether oxygens (including phenoxy) is 1. The van der Waals surface area contributed by atoms with Crippen LogP contribution < -0.4 is 5.32 Å². The van der Waals surface area contributed by atoms with Crippen LogP contribution in [0.5, 0.6) is 0 Å². The van der Waals surface area contributed by atoms with Crippen LogP contribution in [0.2, 0.25) is 0 Å². The maximum atomic E-state index is 12.1. The average Bonchev–Trinajstić information content (AvgIpc) is 2.52. The number of piperidine rings is 1. The van der Waals surface area contributed by atoms with E-state index in [4.69, 9.17) is 4.74 Å². The molecule has 1 aliphatic heterocycles. The number of carbonyl (C=O) groups is 2. The molecule has 5 nitrogen and oxygen atoms in total. The van der Waals surface area contributed by atoms with Crippen LogP contribution in [0.3, 0.4) is 0 Å². The highest BCUT2D eigenvalue weighted by Gasteiger charge is 2.22. The fourth-order valence-corrected chi connectivity index (χ4v) is 2.98. The number of carbonyl (C=O) groups excluding carboxylic acids is 2. The summed E-state index contributed by atoms with van der Waals surface area (Å²) in [6.07, 6.45) is 1.95. The van der Waals surface area contributed by atoms with E-state index in [1.165, 1.54) is 0 Å². The van der Waals surface area contributed by atoms with Crippen molar-refractivity contribution in [3.63, 3.8) is 0 Å². The second-order valence-electron chi connectivity index (χ2n) is 4.98. The molecule has 0 unspecified atom stereocenters. The van der Waals surface area contributed by atoms with Gasteiger partial charge in [0.15, 0.2) is 0 Å². The Morgan fingerprint density at radius 1 is 1.33 bits per heavy atom. The second kappa shape index (κ2) is 7.74. The van der Waals surface area contributed by atoms with Gasteiger partial charge in [0.05, 0.1) is 18.2 Å². The number of nitrogens with zero attached hydrogens (tertiary/aromatic N) is 1. The maximum absolute atomic E-state index is 12.1. The van der Waals surface area contributed by atoms with Gasteiger partial charge in [-0.15, -0.1) is 0 Å². The molecule has 2 amide bonds. The van der Waals surface area contributed by atoms with E-state index in [1.54, 1.807) is 18.1 Å². The van der Waals surface area contributed by atoms with Crippen LogP contribution in [0.4, 0.5) is 0 Å². The topological polar surface area (TPSA) is 58.6 Å². The minimum atomic E-state index is -0.208. The van der Waals surface area contributed by atoms with E-state index in [1.807, 2.05) is 18.2 Å². The minimum absolute atomic E-state index is 0.0381. The smallest absolute Gasteiger partial charge is 0.252 e. The van der Waals surface area contributed by atoms with Crippen LogP contribution in [0.25, 0.3) is 0 Å². The predicted molar refractivity (Wildman–Crippen MR) is 88.1 cm³/mol. The SMILES string of the molecule is COC1CCN(C(=O)CNC(=O)c2ccccc2I)CC1. The Labute approximate surface area is 138 Å². The van der Waals surface area contributed by atoms with Crippen molar-refractivity contribution in [3.8, 4) is 0 Å². The van der Waals surface area contributed by atoms with Crippen molar-refractivity contribution in [1.29, 1.82) is 0 Å². The van der Waals surface area contributed by atoms with E-state index >= 15 is 0 Å². The highest BCUT2D eigenvalue weighted by molar-refractivity contribution is 14.1. The zero-order valence-electron chi connectivity index (χ0n) is 12.0. The monoisotopic (exact) mass is 402 g/mol. The number of hydrogen-bond acceptors (Lipinski definition) is 3. The Morgan fingerprint density at radius 2 is 2.00 bits per heavy atom. The lowest BCUT2D eigenvalue weighted by Crippen LogP contribution is -2.45. The number of amides is 2. The summed E-state index contributed by atoms with van der Waals surface area (Å²) in [6, 6.07) is 7.32. The first-order chi connectivity index (χ1) is 10.1. The summed E-state index contributed by atoms with van der Waals surface area (Å²) in [6.45, 7) is 1.42. The van der Waals surface area contributed by atoms with Gasteiger partial charge in [0.2, 0.25) is 5.91 Å². The van der Waals surface area contributed by atoms with Crippen LogP contribution in [0, 0.1) is 3.57 Å². The van der Waals surface area contributed by atoms with E-state index in [0.29, 0.717) is 18.7 Å². The molecular weight excluding hydrogens is 383 g/mol. The quantitative estimate of drug-likeness (QED) is 0.780. The minimum Gasteiger partial charge on any atom is -0.381 e. The van der Waals surface area contributed by atoms with Gasteiger partial charge in [0.25, 0.3) is 5.91 Å². The summed E-state index contributed by atoms with van der Waals surface area (Å²) in [5.41, 5.74) is 0.601. The van der Waals surface area contributed by atoms with Gasteiger partial charge in [0, 0.05) is 23.8 Å². The number of hydrogen-bond donors (Lipinski definition) is 1. The summed E-state index contributed by atoms with van der Waals surface area (Å²) >= 11 is 2.11. The lowest BCUT2D eigenvalue weighted by Gasteiger charge is -2.31. The molecule has 1 N–H and O–H groups in total. The Kier molecular flexibility index (Phi) is 5.98. The summed E-state index contributed by atoms with van der Waals surface area (Å²) in [5, 5.41) is 2.70. The molecule has 21 heavy (non-hydrogen) atoms. The maximum Gasteiger partial charge on any atom is 0.252 e. The molecule has 0 bridgehead atoms. The summed E-state index contributed by atoms with van der Waals surface area (Å²) in [4.78, 5) is 25.9. The predicted octanol–water partition coefficient (Wildman–Crippen LogP) is 1.66. The van der Waals surface area contributed by atoms with Crippen LogP contribution in [0.1, 0.15) is 23.2 Å². The van der Waals surface area contributed by atoms with Crippen LogP contribution in [0.15, 0.2) is 24.3 Å². The zero-order valence-corrected chi connectivity index (χ0v) is 14.1. The van der Waals surface area contributed by atoms with Crippen LogP contribution in [-0.4, -0.2) is 49.6 Å². The standard InChI is InChI=1S/C15H19IN2O3/c1-21-11-6-8-18(9-7-11)14(19)10-17-15(20)12-4-2-3-5-13(12)16/h2-5,11H,6-10H2,1H3,(H,17,20). The van der Waals surface area contributed by atoms with Crippen molar-refractivity contribution < 1.29 is 14.3 Å².